The summed E-state index contributed by atoms with van der Waals surface area (Å²) in [6, 6.07) is 0.976. The standard InChI is InChI=1S/C11H23N3/c1-8-7-10(12)9-5-3-4-6-14(2)11(9)13-8/h8-11,13H,3-7,12H2,1-2H3. The van der Waals surface area contributed by atoms with Crippen molar-refractivity contribution in [1.29, 1.82) is 0 Å². The van der Waals surface area contributed by atoms with E-state index in [0.717, 1.165) is 6.42 Å². The highest BCUT2D eigenvalue weighted by Gasteiger charge is 2.36. The molecule has 2 rings (SSSR count). The maximum Gasteiger partial charge on any atom is 0.0640 e. The molecule has 0 amide bonds. The molecular formula is C11H23N3. The monoisotopic (exact) mass is 197 g/mol. The lowest BCUT2D eigenvalue weighted by atomic mass is 9.84. The minimum atomic E-state index is 0.400. The van der Waals surface area contributed by atoms with Gasteiger partial charge in [0.15, 0.2) is 0 Å². The van der Waals surface area contributed by atoms with E-state index in [0.29, 0.717) is 24.2 Å². The molecule has 4 unspecified atom stereocenters. The van der Waals surface area contributed by atoms with Gasteiger partial charge in [-0.2, -0.15) is 0 Å². The summed E-state index contributed by atoms with van der Waals surface area (Å²) in [5.41, 5.74) is 6.24. The second-order valence-electron chi connectivity index (χ2n) is 5.05. The summed E-state index contributed by atoms with van der Waals surface area (Å²) in [5, 5.41) is 3.68. The predicted molar refractivity (Wildman–Crippen MR) is 58.9 cm³/mol. The molecular weight excluding hydrogens is 174 g/mol. The van der Waals surface area contributed by atoms with Crippen molar-refractivity contribution in [2.75, 3.05) is 13.6 Å². The lowest BCUT2D eigenvalue weighted by molar-refractivity contribution is 0.0870. The summed E-state index contributed by atoms with van der Waals surface area (Å²) in [4.78, 5) is 2.45. The van der Waals surface area contributed by atoms with Gasteiger partial charge in [0.1, 0.15) is 0 Å². The van der Waals surface area contributed by atoms with E-state index in [9.17, 15) is 0 Å². The SMILES string of the molecule is CC1CC(N)C2CCCCN(C)C2N1. The van der Waals surface area contributed by atoms with E-state index in [1.165, 1.54) is 25.8 Å². The molecule has 2 heterocycles. The van der Waals surface area contributed by atoms with Crippen molar-refractivity contribution in [1.82, 2.24) is 10.2 Å². The maximum absolute atomic E-state index is 6.24. The van der Waals surface area contributed by atoms with Crippen molar-refractivity contribution in [3.8, 4) is 0 Å². The Hall–Kier alpha value is -0.120. The number of rotatable bonds is 0. The van der Waals surface area contributed by atoms with Gasteiger partial charge in [-0.25, -0.2) is 0 Å². The molecule has 0 saturated carbocycles. The van der Waals surface area contributed by atoms with Crippen LogP contribution in [-0.4, -0.2) is 36.7 Å². The zero-order chi connectivity index (χ0) is 10.1. The van der Waals surface area contributed by atoms with Gasteiger partial charge >= 0.3 is 0 Å². The van der Waals surface area contributed by atoms with Gasteiger partial charge in [0, 0.05) is 18.0 Å². The van der Waals surface area contributed by atoms with Crippen LogP contribution in [0.25, 0.3) is 0 Å². The van der Waals surface area contributed by atoms with Crippen LogP contribution in [0, 0.1) is 5.92 Å². The zero-order valence-corrected chi connectivity index (χ0v) is 9.37. The number of nitrogens with zero attached hydrogens (tertiary/aromatic N) is 1. The Morgan fingerprint density at radius 1 is 1.36 bits per heavy atom. The van der Waals surface area contributed by atoms with Crippen molar-refractivity contribution in [3.63, 3.8) is 0 Å². The van der Waals surface area contributed by atoms with Crippen molar-refractivity contribution >= 4 is 0 Å². The largest absolute Gasteiger partial charge is 0.327 e. The van der Waals surface area contributed by atoms with Crippen molar-refractivity contribution in [3.05, 3.63) is 0 Å². The smallest absolute Gasteiger partial charge is 0.0640 e. The maximum atomic E-state index is 6.24. The molecule has 0 radical (unpaired) electrons. The van der Waals surface area contributed by atoms with Gasteiger partial charge < -0.3 is 5.73 Å². The van der Waals surface area contributed by atoms with Crippen LogP contribution < -0.4 is 11.1 Å². The van der Waals surface area contributed by atoms with E-state index in [4.69, 9.17) is 5.73 Å². The fourth-order valence-electron chi connectivity index (χ4n) is 3.01. The van der Waals surface area contributed by atoms with Crippen LogP contribution in [-0.2, 0) is 0 Å². The summed E-state index contributed by atoms with van der Waals surface area (Å²) >= 11 is 0. The molecule has 3 N–H and O–H groups in total. The van der Waals surface area contributed by atoms with E-state index in [1.54, 1.807) is 0 Å². The van der Waals surface area contributed by atoms with Crippen LogP contribution in [0.15, 0.2) is 0 Å². The lowest BCUT2D eigenvalue weighted by Gasteiger charge is -2.43. The summed E-state index contributed by atoms with van der Waals surface area (Å²) in [5.74, 6) is 0.665. The van der Waals surface area contributed by atoms with E-state index in [1.807, 2.05) is 0 Å². The van der Waals surface area contributed by atoms with Gasteiger partial charge in [-0.15, -0.1) is 0 Å². The molecule has 14 heavy (non-hydrogen) atoms. The van der Waals surface area contributed by atoms with Crippen LogP contribution in [0.1, 0.15) is 32.6 Å². The molecule has 2 fully saturated rings. The molecule has 2 saturated heterocycles. The number of nitrogens with one attached hydrogen (secondary N) is 1. The lowest BCUT2D eigenvalue weighted by Crippen LogP contribution is -2.60. The third-order valence-electron chi connectivity index (χ3n) is 3.81. The Morgan fingerprint density at radius 3 is 2.93 bits per heavy atom. The molecule has 0 bridgehead atoms. The Morgan fingerprint density at radius 2 is 2.14 bits per heavy atom. The molecule has 82 valence electrons. The molecule has 2 aliphatic rings. The minimum Gasteiger partial charge on any atom is -0.327 e. The molecule has 3 nitrogen and oxygen atoms in total. The number of nitrogens with two attached hydrogens (primary N) is 1. The highest BCUT2D eigenvalue weighted by Crippen LogP contribution is 2.28. The van der Waals surface area contributed by atoms with E-state index >= 15 is 0 Å². The van der Waals surface area contributed by atoms with Crippen molar-refractivity contribution in [2.24, 2.45) is 11.7 Å². The number of hydrogen-bond donors (Lipinski definition) is 2. The summed E-state index contributed by atoms with van der Waals surface area (Å²) in [7, 11) is 2.22. The third-order valence-corrected chi connectivity index (χ3v) is 3.81. The Balaban J connectivity index is 2.10. The van der Waals surface area contributed by atoms with Gasteiger partial charge in [0.25, 0.3) is 0 Å². The van der Waals surface area contributed by atoms with Gasteiger partial charge in [-0.3, -0.25) is 10.2 Å². The molecule has 0 aromatic heterocycles. The molecule has 0 aliphatic carbocycles. The average Bonchev–Trinajstić information content (AvgIpc) is 2.29. The van der Waals surface area contributed by atoms with Crippen LogP contribution >= 0.6 is 0 Å². The predicted octanol–water partition coefficient (Wildman–Crippen LogP) is 0.754. The topological polar surface area (TPSA) is 41.3 Å². The van der Waals surface area contributed by atoms with Crippen LogP contribution in [0.2, 0.25) is 0 Å². The molecule has 4 atom stereocenters. The number of piperidine rings is 1. The molecule has 2 aliphatic heterocycles. The van der Waals surface area contributed by atoms with Gasteiger partial charge in [-0.1, -0.05) is 6.42 Å². The van der Waals surface area contributed by atoms with Crippen LogP contribution in [0.5, 0.6) is 0 Å². The minimum absolute atomic E-state index is 0.400. The molecule has 0 spiro atoms. The summed E-state index contributed by atoms with van der Waals surface area (Å²) in [6.07, 6.45) is 5.63. The van der Waals surface area contributed by atoms with E-state index in [2.05, 4.69) is 24.2 Å². The van der Waals surface area contributed by atoms with Crippen molar-refractivity contribution in [2.45, 2.75) is 50.9 Å². The Bertz CT molecular complexity index is 195. The first-order chi connectivity index (χ1) is 6.68. The van der Waals surface area contributed by atoms with Gasteiger partial charge in [-0.05, 0) is 39.8 Å². The summed E-state index contributed by atoms with van der Waals surface area (Å²) in [6.45, 7) is 3.46. The molecule has 3 heteroatoms. The van der Waals surface area contributed by atoms with Gasteiger partial charge in [0.05, 0.1) is 6.17 Å². The highest BCUT2D eigenvalue weighted by atomic mass is 15.3. The quantitative estimate of drug-likeness (QED) is 0.602. The Kier molecular flexibility index (Phi) is 3.10. The second-order valence-corrected chi connectivity index (χ2v) is 5.05. The number of fused-ring (bicyclic) bond motifs is 1. The normalized spacial score (nSPS) is 45.6. The number of likely N-dealkylation sites (tertiary alicyclic amines) is 1. The number of hydrogen-bond acceptors (Lipinski definition) is 3. The first-order valence-corrected chi connectivity index (χ1v) is 5.90. The highest BCUT2D eigenvalue weighted by molar-refractivity contribution is 4.93. The molecule has 0 aromatic carbocycles. The first-order valence-electron chi connectivity index (χ1n) is 5.90. The zero-order valence-electron chi connectivity index (χ0n) is 9.37. The van der Waals surface area contributed by atoms with Crippen molar-refractivity contribution < 1.29 is 0 Å². The first kappa shape index (κ1) is 10.4. The van der Waals surface area contributed by atoms with Crippen LogP contribution in [0.3, 0.4) is 0 Å². The van der Waals surface area contributed by atoms with Gasteiger partial charge in [0.2, 0.25) is 0 Å². The third kappa shape index (κ3) is 1.95. The molecule has 0 aromatic rings. The Labute approximate surface area is 87.0 Å². The van der Waals surface area contributed by atoms with E-state index in [-0.39, 0.29) is 0 Å². The van der Waals surface area contributed by atoms with E-state index < -0.39 is 0 Å². The van der Waals surface area contributed by atoms with Crippen LogP contribution in [0.4, 0.5) is 0 Å². The fraction of sp³-hybridized carbons (Fsp3) is 1.00. The second kappa shape index (κ2) is 4.17. The fourth-order valence-corrected chi connectivity index (χ4v) is 3.01. The summed E-state index contributed by atoms with van der Waals surface area (Å²) < 4.78 is 0. The average molecular weight is 197 g/mol.